The molecule has 0 heterocycles. The number of nitrogen functional groups attached to an aromatic ring is 6. The molecule has 24 heteroatoms. The molecule has 0 spiro atoms. The molecule has 0 aliphatic heterocycles. The Kier molecular flexibility index (Phi) is 48.6. The molecule has 6 nitrogen and oxygen atoms in total. The average Bonchev–Trinajstić information content (AvgIpc) is 3.28. The molecule has 76 heavy (non-hydrogen) atoms. The van der Waals surface area contributed by atoms with Crippen molar-refractivity contribution in [3.05, 3.63) is 179 Å². The van der Waals surface area contributed by atoms with Crippen LogP contribution in [0, 0.1) is 10.8 Å². The summed E-state index contributed by atoms with van der Waals surface area (Å²) in [6, 6.07) is 49.2. The van der Waals surface area contributed by atoms with Crippen LogP contribution in [-0.2, 0) is 38.5 Å². The van der Waals surface area contributed by atoms with E-state index in [1.807, 2.05) is 72.8 Å². The summed E-state index contributed by atoms with van der Waals surface area (Å²) >= 11 is 0. The molecule has 6 aromatic rings. The summed E-state index contributed by atoms with van der Waals surface area (Å²) in [6.07, 6.45) is 5.85. The van der Waals surface area contributed by atoms with Crippen LogP contribution in [0.25, 0.3) is 0 Å². The van der Waals surface area contributed by atoms with Gasteiger partial charge in [0.25, 0.3) is 0 Å². The summed E-state index contributed by atoms with van der Waals surface area (Å²) in [6.45, 7) is 17.6. The lowest BCUT2D eigenvalue weighted by Gasteiger charge is -2.31. The van der Waals surface area contributed by atoms with E-state index in [-0.39, 0.29) is 54.6 Å². The van der Waals surface area contributed by atoms with Crippen LogP contribution in [0.3, 0.4) is 0 Å². The fraction of sp³-hybridized carbons (Fsp3) is 0.308. The molecule has 0 aliphatic carbocycles. The first kappa shape index (κ1) is 79.9. The van der Waals surface area contributed by atoms with Crippen molar-refractivity contribution in [2.45, 2.75) is 52.4 Å². The second-order valence-electron chi connectivity index (χ2n) is 19.1. The van der Waals surface area contributed by atoms with E-state index in [1.165, 1.54) is 33.4 Å². The van der Waals surface area contributed by atoms with Gasteiger partial charge in [0.2, 0.25) is 0 Å². The number of benzene rings is 6. The molecule has 0 amide bonds. The Bertz CT molecular complexity index is 1890. The van der Waals surface area contributed by atoms with Crippen LogP contribution in [0.1, 0.15) is 47.2 Å². The molecular formula is C52H96N6P18. The lowest BCUT2D eigenvalue weighted by molar-refractivity contribution is 0.316. The van der Waals surface area contributed by atoms with Crippen LogP contribution in [-0.4, -0.2) is 40.0 Å². The van der Waals surface area contributed by atoms with E-state index in [9.17, 15) is 0 Å². The van der Waals surface area contributed by atoms with Crippen molar-refractivity contribution in [2.75, 3.05) is 74.4 Å². The molecule has 0 radical (unpaired) electrons. The number of anilines is 6. The van der Waals surface area contributed by atoms with E-state index in [2.05, 4.69) is 234 Å². The van der Waals surface area contributed by atoms with Crippen LogP contribution in [0.15, 0.2) is 146 Å². The SMILES string of the molecule is CC(Cc1ccc(N)cc1)(Cc1ccc(N)cc1)Cc1ccc(N)cc1.CC(Cc1ccc(N)cc1)(Cc1ccc(N)cc1)Cc1ccc(N)cc1.CP(P)P.CP(P)P.CP(P)P.CP(P)P.CP(P)P.CP(P)P. The molecule has 0 aliphatic rings. The lowest BCUT2D eigenvalue weighted by Crippen LogP contribution is -2.26. The maximum absolute atomic E-state index is 5.84. The summed E-state index contributed by atoms with van der Waals surface area (Å²) in [5.41, 5.74) is 47.8. The molecule has 0 aromatic heterocycles. The van der Waals surface area contributed by atoms with Crippen LogP contribution < -0.4 is 34.4 Å². The first-order valence-corrected chi connectivity index (χ1v) is 53.8. The average molecular weight is 1360 g/mol. The van der Waals surface area contributed by atoms with E-state index in [4.69, 9.17) is 34.4 Å². The minimum absolute atomic E-state index is 0.0718. The van der Waals surface area contributed by atoms with Crippen LogP contribution in [0.4, 0.5) is 34.1 Å². The first-order valence-electron chi connectivity index (χ1n) is 23.7. The summed E-state index contributed by atoms with van der Waals surface area (Å²) in [7, 11) is 33.5. The van der Waals surface area contributed by atoms with Gasteiger partial charge < -0.3 is 34.4 Å². The zero-order valence-corrected chi connectivity index (χ0v) is 65.4. The predicted octanol–water partition coefficient (Wildman–Crippen LogP) is 19.0. The molecule has 0 saturated carbocycles. The van der Waals surface area contributed by atoms with E-state index < -0.39 is 0 Å². The van der Waals surface area contributed by atoms with Gasteiger partial charge in [0.15, 0.2) is 0 Å². The third kappa shape index (κ3) is 50.4. The normalized spacial score (nSPS) is 10.7. The minimum Gasteiger partial charge on any atom is -0.399 e. The van der Waals surface area contributed by atoms with Crippen molar-refractivity contribution in [2.24, 2.45) is 10.8 Å². The Labute approximate surface area is 497 Å². The van der Waals surface area contributed by atoms with Gasteiger partial charge in [-0.15, -0.1) is 107 Å². The number of hydrogen-bond donors (Lipinski definition) is 6. The summed E-state index contributed by atoms with van der Waals surface area (Å²) in [5.74, 6) is 0. The Morgan fingerprint density at radius 1 is 0.237 bits per heavy atom. The molecule has 424 valence electrons. The standard InChI is InChI=1S/2C23H27N3.6CH7P3/c2*1-23(14-17-2-8-20(24)9-3-17,15-18-4-10-21(25)11-5-18)16-19-6-12-22(26)13-7-19;6*1-4(2)3/h2*2-13H,14-16,24-26H2,1H3;6*2-3H2,1H3. The maximum atomic E-state index is 5.84. The van der Waals surface area contributed by atoms with Gasteiger partial charge in [0.1, 0.15) is 0 Å². The highest BCUT2D eigenvalue weighted by molar-refractivity contribution is 8.44. The van der Waals surface area contributed by atoms with E-state index in [1.54, 1.807) is 0 Å². The second kappa shape index (κ2) is 46.2. The van der Waals surface area contributed by atoms with Crippen molar-refractivity contribution in [3.8, 4) is 0 Å². The Balaban J connectivity index is 0. The third-order valence-electron chi connectivity index (χ3n) is 9.66. The summed E-state index contributed by atoms with van der Waals surface area (Å²) < 4.78 is 0. The van der Waals surface area contributed by atoms with E-state index in [0.29, 0.717) is 0 Å². The quantitative estimate of drug-likeness (QED) is 0.0529. The van der Waals surface area contributed by atoms with Crippen molar-refractivity contribution in [3.63, 3.8) is 0 Å². The van der Waals surface area contributed by atoms with Gasteiger partial charge in [-0.1, -0.05) is 130 Å². The van der Waals surface area contributed by atoms with Gasteiger partial charge in [-0.05, 0) is 196 Å². The van der Waals surface area contributed by atoms with Gasteiger partial charge in [-0.25, -0.2) is 0 Å². The lowest BCUT2D eigenvalue weighted by atomic mass is 9.74. The minimum atomic E-state index is 0.0718. The van der Waals surface area contributed by atoms with Gasteiger partial charge in [-0.2, -0.15) is 0 Å². The van der Waals surface area contributed by atoms with Crippen LogP contribution in [0.2, 0.25) is 0 Å². The van der Waals surface area contributed by atoms with Crippen molar-refractivity contribution in [1.29, 1.82) is 0 Å². The molecular weight excluding hydrogens is 1270 g/mol. The van der Waals surface area contributed by atoms with Crippen LogP contribution in [0.5, 0.6) is 0 Å². The van der Waals surface area contributed by atoms with Crippen molar-refractivity contribution in [1.82, 2.24) is 0 Å². The summed E-state index contributed by atoms with van der Waals surface area (Å²) in [4.78, 5) is 0. The molecule has 12 atom stereocenters. The number of rotatable bonds is 12. The van der Waals surface area contributed by atoms with Crippen molar-refractivity contribution >= 4 is 185 Å². The number of hydrogen-bond acceptors (Lipinski definition) is 6. The topological polar surface area (TPSA) is 156 Å². The summed E-state index contributed by atoms with van der Waals surface area (Å²) in [5, 5.41) is 0. The molecule has 6 rings (SSSR count). The Morgan fingerprint density at radius 3 is 0.395 bits per heavy atom. The number of nitrogens with two attached hydrogens (primary N) is 6. The molecule has 12 unspecified atom stereocenters. The third-order valence-corrected chi connectivity index (χ3v) is 9.66. The van der Waals surface area contributed by atoms with Crippen molar-refractivity contribution < 1.29 is 0 Å². The highest BCUT2D eigenvalue weighted by atomic mass is 32.4. The van der Waals surface area contributed by atoms with Crippen LogP contribution >= 0.6 is 151 Å². The van der Waals surface area contributed by atoms with E-state index in [0.717, 1.165) is 72.6 Å². The fourth-order valence-corrected chi connectivity index (χ4v) is 7.14. The van der Waals surface area contributed by atoms with E-state index >= 15 is 0 Å². The zero-order chi connectivity index (χ0) is 58.6. The molecule has 0 fully saturated rings. The van der Waals surface area contributed by atoms with Gasteiger partial charge in [0, 0.05) is 34.1 Å². The molecule has 0 bridgehead atoms. The van der Waals surface area contributed by atoms with Gasteiger partial charge in [0.05, 0.1) is 0 Å². The smallest absolute Gasteiger partial charge is 0.0314 e. The fourth-order valence-electron chi connectivity index (χ4n) is 7.14. The monoisotopic (exact) mass is 1360 g/mol. The molecule has 6 aromatic carbocycles. The second-order valence-corrected chi connectivity index (χ2v) is 67.2. The Morgan fingerprint density at radius 2 is 0.316 bits per heavy atom. The molecule has 0 saturated heterocycles. The predicted molar refractivity (Wildman–Crippen MR) is 417 cm³/mol. The highest BCUT2D eigenvalue weighted by Crippen LogP contribution is 2.50. The first-order chi connectivity index (χ1) is 35.2. The largest absolute Gasteiger partial charge is 0.399 e. The Hall–Kier alpha value is 1.86. The highest BCUT2D eigenvalue weighted by Gasteiger charge is 2.27. The zero-order valence-electron chi connectivity index (χ0n) is 46.2. The van der Waals surface area contributed by atoms with Gasteiger partial charge >= 0.3 is 0 Å². The maximum Gasteiger partial charge on any atom is 0.0314 e. The molecule has 12 N–H and O–H groups in total. The van der Waals surface area contributed by atoms with Gasteiger partial charge in [-0.3, -0.25) is 0 Å².